The van der Waals surface area contributed by atoms with E-state index in [-0.39, 0.29) is 23.7 Å². The van der Waals surface area contributed by atoms with Crippen molar-refractivity contribution in [3.8, 4) is 11.3 Å². The van der Waals surface area contributed by atoms with Crippen molar-refractivity contribution in [1.29, 1.82) is 0 Å². The first-order valence-corrected chi connectivity index (χ1v) is 8.41. The maximum atomic E-state index is 13.9. The van der Waals surface area contributed by atoms with Crippen LogP contribution in [-0.4, -0.2) is 17.6 Å². The van der Waals surface area contributed by atoms with Crippen LogP contribution in [0.25, 0.3) is 11.3 Å². The molecule has 0 bridgehead atoms. The van der Waals surface area contributed by atoms with Gasteiger partial charge in [0.15, 0.2) is 5.76 Å². The molecule has 3 aromatic rings. The van der Waals surface area contributed by atoms with Crippen molar-refractivity contribution in [1.82, 2.24) is 5.16 Å². The van der Waals surface area contributed by atoms with E-state index >= 15 is 0 Å². The van der Waals surface area contributed by atoms with Crippen LogP contribution in [0.5, 0.6) is 0 Å². The van der Waals surface area contributed by atoms with Crippen molar-refractivity contribution in [2.45, 2.75) is 19.3 Å². The molecule has 0 unspecified atom stereocenters. The molecule has 2 aromatic carbocycles. The normalized spacial score (nSPS) is 13.5. The molecule has 4 rings (SSSR count). The largest absolute Gasteiger partial charge is 0.356 e. The number of aromatic nitrogens is 1. The minimum atomic E-state index is -0.732. The topological polar surface area (TPSA) is 46.3 Å². The number of anilines is 1. The van der Waals surface area contributed by atoms with Gasteiger partial charge < -0.3 is 9.42 Å². The molecule has 0 fully saturated rings. The van der Waals surface area contributed by atoms with Crippen LogP contribution in [0.3, 0.4) is 0 Å². The first-order valence-electron chi connectivity index (χ1n) is 8.41. The number of benzene rings is 2. The maximum absolute atomic E-state index is 13.9. The van der Waals surface area contributed by atoms with Crippen molar-refractivity contribution < 1.29 is 18.1 Å². The highest BCUT2D eigenvalue weighted by Gasteiger charge is 2.23. The summed E-state index contributed by atoms with van der Waals surface area (Å²) in [6.45, 7) is 0.660. The Morgan fingerprint density at radius 1 is 1.15 bits per heavy atom. The molecule has 6 heteroatoms. The molecule has 132 valence electrons. The van der Waals surface area contributed by atoms with Gasteiger partial charge >= 0.3 is 0 Å². The van der Waals surface area contributed by atoms with E-state index < -0.39 is 11.6 Å². The standard InChI is InChI=1S/C20H16F2N2O2/c21-14-7-8-16(17(22)10-14)19-11-15(23-26-19)12-20(25)24-9-3-5-13-4-1-2-6-18(13)24/h1-2,4,6-8,10-11H,3,5,9,12H2. The number of hydrogen-bond acceptors (Lipinski definition) is 3. The van der Waals surface area contributed by atoms with E-state index in [1.54, 1.807) is 4.90 Å². The third-order valence-electron chi connectivity index (χ3n) is 4.50. The van der Waals surface area contributed by atoms with Gasteiger partial charge in [-0.1, -0.05) is 23.4 Å². The minimum Gasteiger partial charge on any atom is -0.356 e. The van der Waals surface area contributed by atoms with E-state index in [1.807, 2.05) is 24.3 Å². The molecule has 0 atom stereocenters. The molecular weight excluding hydrogens is 338 g/mol. The number of nitrogens with zero attached hydrogens (tertiary/aromatic N) is 2. The summed E-state index contributed by atoms with van der Waals surface area (Å²) in [4.78, 5) is 14.5. The third kappa shape index (κ3) is 3.10. The summed E-state index contributed by atoms with van der Waals surface area (Å²) in [7, 11) is 0. The lowest BCUT2D eigenvalue weighted by atomic mass is 10.0. The van der Waals surface area contributed by atoms with Gasteiger partial charge in [0.2, 0.25) is 5.91 Å². The van der Waals surface area contributed by atoms with Gasteiger partial charge in [0.25, 0.3) is 0 Å². The Morgan fingerprint density at radius 2 is 2.00 bits per heavy atom. The van der Waals surface area contributed by atoms with E-state index in [0.717, 1.165) is 36.2 Å². The zero-order valence-electron chi connectivity index (χ0n) is 13.9. The predicted molar refractivity (Wildman–Crippen MR) is 92.7 cm³/mol. The summed E-state index contributed by atoms with van der Waals surface area (Å²) < 4.78 is 32.0. The SMILES string of the molecule is O=C(Cc1cc(-c2ccc(F)cc2F)on1)N1CCCc2ccccc21. The van der Waals surface area contributed by atoms with Crippen LogP contribution in [-0.2, 0) is 17.6 Å². The fourth-order valence-corrected chi connectivity index (χ4v) is 3.25. The third-order valence-corrected chi connectivity index (χ3v) is 4.50. The van der Waals surface area contributed by atoms with Crippen molar-refractivity contribution >= 4 is 11.6 Å². The highest BCUT2D eigenvalue weighted by Crippen LogP contribution is 2.28. The maximum Gasteiger partial charge on any atom is 0.233 e. The number of carbonyl (C=O) groups is 1. The van der Waals surface area contributed by atoms with Gasteiger partial charge in [-0.15, -0.1) is 0 Å². The summed E-state index contributed by atoms with van der Waals surface area (Å²) in [5.74, 6) is -1.31. The summed E-state index contributed by atoms with van der Waals surface area (Å²) in [6, 6.07) is 12.6. The smallest absolute Gasteiger partial charge is 0.233 e. The molecule has 1 aliphatic heterocycles. The average Bonchev–Trinajstić information content (AvgIpc) is 3.09. The van der Waals surface area contributed by atoms with Crippen molar-refractivity contribution in [2.75, 3.05) is 11.4 Å². The van der Waals surface area contributed by atoms with Crippen LogP contribution in [0.4, 0.5) is 14.5 Å². The minimum absolute atomic E-state index is 0.0562. The molecule has 0 spiro atoms. The number of halogens is 2. The lowest BCUT2D eigenvalue weighted by Gasteiger charge is -2.29. The summed E-state index contributed by atoms with van der Waals surface area (Å²) in [5, 5.41) is 3.86. The van der Waals surface area contributed by atoms with E-state index in [0.29, 0.717) is 12.2 Å². The van der Waals surface area contributed by atoms with Gasteiger partial charge in [-0.2, -0.15) is 0 Å². The second kappa shape index (κ2) is 6.71. The zero-order valence-corrected chi connectivity index (χ0v) is 13.9. The highest BCUT2D eigenvalue weighted by molar-refractivity contribution is 5.95. The van der Waals surface area contributed by atoms with Crippen LogP contribution in [0, 0.1) is 11.6 Å². The molecule has 0 saturated carbocycles. The summed E-state index contributed by atoms with van der Waals surface area (Å²) in [5.41, 5.74) is 2.61. The van der Waals surface area contributed by atoms with Crippen LogP contribution in [0.2, 0.25) is 0 Å². The number of hydrogen-bond donors (Lipinski definition) is 0. The van der Waals surface area contributed by atoms with E-state index in [1.165, 1.54) is 12.1 Å². The number of fused-ring (bicyclic) bond motifs is 1. The molecule has 26 heavy (non-hydrogen) atoms. The van der Waals surface area contributed by atoms with E-state index in [9.17, 15) is 13.6 Å². The lowest BCUT2D eigenvalue weighted by molar-refractivity contribution is -0.118. The Hall–Kier alpha value is -3.02. The van der Waals surface area contributed by atoms with Crippen molar-refractivity contribution in [2.24, 2.45) is 0 Å². The molecule has 0 aliphatic carbocycles. The van der Waals surface area contributed by atoms with Gasteiger partial charge in [0.1, 0.15) is 11.6 Å². The first-order chi connectivity index (χ1) is 12.6. The monoisotopic (exact) mass is 354 g/mol. The Balaban J connectivity index is 1.54. The summed E-state index contributed by atoms with van der Waals surface area (Å²) >= 11 is 0. The molecule has 4 nitrogen and oxygen atoms in total. The molecule has 0 radical (unpaired) electrons. The van der Waals surface area contributed by atoms with Crippen molar-refractivity contribution in [3.05, 3.63) is 71.4 Å². The second-order valence-corrected chi connectivity index (χ2v) is 6.26. The Kier molecular flexibility index (Phi) is 4.24. The van der Waals surface area contributed by atoms with Crippen LogP contribution >= 0.6 is 0 Å². The number of carbonyl (C=O) groups excluding carboxylic acids is 1. The highest BCUT2D eigenvalue weighted by atomic mass is 19.1. The molecular formula is C20H16F2N2O2. The zero-order chi connectivity index (χ0) is 18.1. The number of rotatable bonds is 3. The van der Waals surface area contributed by atoms with Crippen LogP contribution in [0.1, 0.15) is 17.7 Å². The number of amides is 1. The van der Waals surface area contributed by atoms with Gasteiger partial charge in [-0.3, -0.25) is 4.79 Å². The lowest BCUT2D eigenvalue weighted by Crippen LogP contribution is -2.36. The number of aryl methyl sites for hydroxylation is 1. The molecule has 1 amide bonds. The molecule has 1 aliphatic rings. The molecule has 0 N–H and O–H groups in total. The van der Waals surface area contributed by atoms with Gasteiger partial charge in [0, 0.05) is 24.4 Å². The fraction of sp³-hybridized carbons (Fsp3) is 0.200. The van der Waals surface area contributed by atoms with Gasteiger partial charge in [0.05, 0.1) is 17.7 Å². The van der Waals surface area contributed by atoms with Gasteiger partial charge in [-0.05, 0) is 36.6 Å². The molecule has 0 saturated heterocycles. The Labute approximate surface area is 149 Å². The van der Waals surface area contributed by atoms with Crippen LogP contribution in [0.15, 0.2) is 53.1 Å². The Morgan fingerprint density at radius 3 is 2.85 bits per heavy atom. The van der Waals surface area contributed by atoms with Gasteiger partial charge in [-0.25, -0.2) is 8.78 Å². The first kappa shape index (κ1) is 16.4. The Bertz CT molecular complexity index is 968. The summed E-state index contributed by atoms with van der Waals surface area (Å²) in [6.07, 6.45) is 1.92. The van der Waals surface area contributed by atoms with Crippen LogP contribution < -0.4 is 4.90 Å². The predicted octanol–water partition coefficient (Wildman–Crippen LogP) is 4.14. The molecule has 2 heterocycles. The quantitative estimate of drug-likeness (QED) is 0.710. The van der Waals surface area contributed by atoms with E-state index in [2.05, 4.69) is 5.16 Å². The van der Waals surface area contributed by atoms with E-state index in [4.69, 9.17) is 4.52 Å². The average molecular weight is 354 g/mol. The second-order valence-electron chi connectivity index (χ2n) is 6.26. The number of para-hydroxylation sites is 1. The fourth-order valence-electron chi connectivity index (χ4n) is 3.25. The van der Waals surface area contributed by atoms with Crippen molar-refractivity contribution in [3.63, 3.8) is 0 Å². The molecule has 1 aromatic heterocycles.